The highest BCUT2D eigenvalue weighted by Crippen LogP contribution is 2.46. The Balaban J connectivity index is 1.61. The predicted molar refractivity (Wildman–Crippen MR) is 149 cm³/mol. The number of carbonyl (C=O) groups excluding carboxylic acids is 2. The Morgan fingerprint density at radius 1 is 1.10 bits per heavy atom. The largest absolute Gasteiger partial charge is 0.505 e. The van der Waals surface area contributed by atoms with E-state index in [2.05, 4.69) is 9.97 Å². The van der Waals surface area contributed by atoms with Crippen molar-refractivity contribution in [2.75, 3.05) is 12.0 Å². The molecule has 39 heavy (non-hydrogen) atoms. The third-order valence-electron chi connectivity index (χ3n) is 6.82. The van der Waals surface area contributed by atoms with Crippen LogP contribution in [0.4, 0.5) is 5.13 Å². The second kappa shape index (κ2) is 9.11. The molecule has 11 heteroatoms. The van der Waals surface area contributed by atoms with Crippen LogP contribution in [-0.4, -0.2) is 43.4 Å². The molecule has 0 aliphatic carbocycles. The van der Waals surface area contributed by atoms with Crippen molar-refractivity contribution in [3.05, 3.63) is 87.8 Å². The molecular weight excluding hydrogens is 540 g/mol. The Labute approximate surface area is 231 Å². The summed E-state index contributed by atoms with van der Waals surface area (Å²) in [6.45, 7) is 3.67. The summed E-state index contributed by atoms with van der Waals surface area (Å²) < 4.78 is 7.84. The molecule has 5 aromatic rings. The number of aromatic hydroxyl groups is 1. The molecule has 3 aromatic heterocycles. The molecule has 196 valence electrons. The van der Waals surface area contributed by atoms with Crippen molar-refractivity contribution in [3.8, 4) is 11.5 Å². The zero-order valence-corrected chi connectivity index (χ0v) is 22.5. The van der Waals surface area contributed by atoms with Crippen molar-refractivity contribution in [2.45, 2.75) is 19.9 Å². The number of hydrogen-bond acceptors (Lipinski definition) is 8. The third-order valence-corrected chi connectivity index (χ3v) is 8.07. The summed E-state index contributed by atoms with van der Waals surface area (Å²) in [5.41, 5.74) is 3.19. The van der Waals surface area contributed by atoms with E-state index in [0.717, 1.165) is 10.3 Å². The van der Waals surface area contributed by atoms with E-state index >= 15 is 0 Å². The first-order valence-corrected chi connectivity index (χ1v) is 13.1. The fourth-order valence-electron chi connectivity index (χ4n) is 4.87. The topological polar surface area (TPSA) is 117 Å². The molecule has 1 fully saturated rings. The molecule has 2 N–H and O–H groups in total. The Bertz CT molecular complexity index is 1870. The number of methoxy groups -OCH3 is 1. The SMILES string of the molecule is COc1cc(C2C(=C(O)c3nc4c(C)cccn4c3C)C(=O)C(=O)N2c2nc3ccc(Cl)cc3s2)ccc1O. The number of halogens is 1. The molecule has 1 atom stereocenters. The number of aromatic nitrogens is 3. The summed E-state index contributed by atoms with van der Waals surface area (Å²) >= 11 is 7.36. The number of phenolic OH excluding ortho intramolecular Hbond substituents is 1. The zero-order chi connectivity index (χ0) is 27.6. The van der Waals surface area contributed by atoms with Gasteiger partial charge in [0.2, 0.25) is 0 Å². The molecule has 9 nitrogen and oxygen atoms in total. The quantitative estimate of drug-likeness (QED) is 0.168. The second-order valence-corrected chi connectivity index (χ2v) is 10.6. The molecule has 0 bridgehead atoms. The molecule has 1 aliphatic rings. The standard InChI is InChI=1S/C28H21ClN4O5S/c1-13-5-4-10-32-14(2)22(31-26(13)32)24(35)21-23(15-6-9-18(34)19(11-15)38-3)33(27(37)25(21)36)28-30-17-8-7-16(29)12-20(17)39-28/h4-12,23,34-35H,1-3H3. The van der Waals surface area contributed by atoms with E-state index in [1.807, 2.05) is 29.7 Å². The summed E-state index contributed by atoms with van der Waals surface area (Å²) in [5, 5.41) is 22.6. The molecule has 1 amide bonds. The Hall–Kier alpha value is -4.41. The first-order valence-electron chi connectivity index (χ1n) is 11.9. The lowest BCUT2D eigenvalue weighted by Gasteiger charge is -2.23. The number of hydrogen-bond donors (Lipinski definition) is 2. The summed E-state index contributed by atoms with van der Waals surface area (Å²) in [6, 6.07) is 12.3. The number of fused-ring (bicyclic) bond motifs is 2. The van der Waals surface area contributed by atoms with E-state index in [9.17, 15) is 19.8 Å². The minimum Gasteiger partial charge on any atom is -0.505 e. The lowest BCUT2D eigenvalue weighted by Crippen LogP contribution is -2.29. The highest BCUT2D eigenvalue weighted by molar-refractivity contribution is 7.22. The van der Waals surface area contributed by atoms with E-state index < -0.39 is 23.5 Å². The number of amides is 1. The molecule has 0 saturated carbocycles. The van der Waals surface area contributed by atoms with Crippen LogP contribution in [0, 0.1) is 13.8 Å². The van der Waals surface area contributed by atoms with Gasteiger partial charge < -0.3 is 19.4 Å². The van der Waals surface area contributed by atoms with Crippen LogP contribution in [0.15, 0.2) is 60.3 Å². The number of rotatable bonds is 4. The molecule has 4 heterocycles. The molecule has 1 aliphatic heterocycles. The van der Waals surface area contributed by atoms with E-state index in [1.165, 1.54) is 35.5 Å². The van der Waals surface area contributed by atoms with E-state index in [1.54, 1.807) is 31.2 Å². The van der Waals surface area contributed by atoms with Crippen LogP contribution >= 0.6 is 22.9 Å². The first-order chi connectivity index (χ1) is 18.7. The van der Waals surface area contributed by atoms with Crippen molar-refractivity contribution in [1.82, 2.24) is 14.4 Å². The van der Waals surface area contributed by atoms with Gasteiger partial charge in [-0.05, 0) is 61.4 Å². The van der Waals surface area contributed by atoms with Gasteiger partial charge in [-0.3, -0.25) is 14.5 Å². The molecule has 6 rings (SSSR count). The normalized spacial score (nSPS) is 17.0. The van der Waals surface area contributed by atoms with Crippen LogP contribution in [-0.2, 0) is 9.59 Å². The zero-order valence-electron chi connectivity index (χ0n) is 21.0. The van der Waals surface area contributed by atoms with Crippen LogP contribution in [0.2, 0.25) is 5.02 Å². The van der Waals surface area contributed by atoms with Gasteiger partial charge in [0, 0.05) is 11.2 Å². The van der Waals surface area contributed by atoms with Crippen LogP contribution in [0.5, 0.6) is 11.5 Å². The maximum absolute atomic E-state index is 13.6. The number of aliphatic hydroxyl groups is 1. The molecule has 0 spiro atoms. The number of imidazole rings is 1. The highest BCUT2D eigenvalue weighted by atomic mass is 35.5. The van der Waals surface area contributed by atoms with Gasteiger partial charge in [-0.1, -0.05) is 35.1 Å². The Kier molecular flexibility index (Phi) is 5.81. The summed E-state index contributed by atoms with van der Waals surface area (Å²) in [4.78, 5) is 37.6. The Morgan fingerprint density at radius 3 is 2.64 bits per heavy atom. The first kappa shape index (κ1) is 24.9. The molecule has 1 saturated heterocycles. The smallest absolute Gasteiger partial charge is 0.301 e. The number of benzene rings is 2. The van der Waals surface area contributed by atoms with Crippen molar-refractivity contribution < 1.29 is 24.5 Å². The summed E-state index contributed by atoms with van der Waals surface area (Å²) in [5.74, 6) is -2.10. The second-order valence-electron chi connectivity index (χ2n) is 9.14. The monoisotopic (exact) mass is 560 g/mol. The average Bonchev–Trinajstić information content (AvgIpc) is 3.56. The number of anilines is 1. The van der Waals surface area contributed by atoms with Crippen molar-refractivity contribution in [2.24, 2.45) is 0 Å². The number of aliphatic hydroxyl groups excluding tert-OH is 1. The van der Waals surface area contributed by atoms with Gasteiger partial charge in [-0.2, -0.15) is 0 Å². The van der Waals surface area contributed by atoms with Gasteiger partial charge >= 0.3 is 5.91 Å². The maximum Gasteiger partial charge on any atom is 0.301 e. The molecule has 1 unspecified atom stereocenters. The van der Waals surface area contributed by atoms with Crippen molar-refractivity contribution in [3.63, 3.8) is 0 Å². The van der Waals surface area contributed by atoms with Gasteiger partial charge in [0.1, 0.15) is 11.3 Å². The number of nitrogens with zero attached hydrogens (tertiary/aromatic N) is 4. The lowest BCUT2D eigenvalue weighted by atomic mass is 9.96. The fraction of sp³-hybridized carbons (Fsp3) is 0.143. The minimum absolute atomic E-state index is 0.112. The van der Waals surface area contributed by atoms with Crippen LogP contribution < -0.4 is 9.64 Å². The van der Waals surface area contributed by atoms with E-state index in [0.29, 0.717) is 27.4 Å². The average molecular weight is 561 g/mol. The molecule has 0 radical (unpaired) electrons. The predicted octanol–water partition coefficient (Wildman–Crippen LogP) is 5.55. The van der Waals surface area contributed by atoms with Crippen LogP contribution in [0.3, 0.4) is 0 Å². The van der Waals surface area contributed by atoms with Crippen molar-refractivity contribution in [1.29, 1.82) is 0 Å². The van der Waals surface area contributed by atoms with Gasteiger partial charge in [0.05, 0.1) is 34.6 Å². The molecule has 2 aromatic carbocycles. The number of ether oxygens (including phenoxy) is 1. The van der Waals surface area contributed by atoms with Gasteiger partial charge in [-0.25, -0.2) is 9.97 Å². The van der Waals surface area contributed by atoms with Crippen LogP contribution in [0.25, 0.3) is 21.6 Å². The summed E-state index contributed by atoms with van der Waals surface area (Å²) in [7, 11) is 1.40. The number of phenols is 1. The number of pyridine rings is 1. The summed E-state index contributed by atoms with van der Waals surface area (Å²) in [6.07, 6.45) is 1.81. The lowest BCUT2D eigenvalue weighted by molar-refractivity contribution is -0.132. The highest BCUT2D eigenvalue weighted by Gasteiger charge is 2.49. The number of thiazole rings is 1. The maximum atomic E-state index is 13.6. The number of aryl methyl sites for hydroxylation is 2. The molecular formula is C28H21ClN4O5S. The number of ketones is 1. The van der Waals surface area contributed by atoms with Crippen molar-refractivity contribution >= 4 is 61.4 Å². The number of carbonyl (C=O) groups is 2. The van der Waals surface area contributed by atoms with Gasteiger partial charge in [-0.15, -0.1) is 0 Å². The van der Waals surface area contributed by atoms with E-state index in [4.69, 9.17) is 16.3 Å². The fourth-order valence-corrected chi connectivity index (χ4v) is 6.14. The van der Waals surface area contributed by atoms with Gasteiger partial charge in [0.25, 0.3) is 5.78 Å². The Morgan fingerprint density at radius 2 is 1.90 bits per heavy atom. The minimum atomic E-state index is -1.07. The third kappa shape index (κ3) is 3.83. The van der Waals surface area contributed by atoms with E-state index in [-0.39, 0.29) is 27.9 Å². The van der Waals surface area contributed by atoms with Crippen LogP contribution in [0.1, 0.15) is 28.6 Å². The van der Waals surface area contributed by atoms with Gasteiger partial charge in [0.15, 0.2) is 22.4 Å². The number of Topliss-reactive ketones (excluding diaryl/α,β-unsaturated/α-hetero) is 1.